The van der Waals surface area contributed by atoms with Gasteiger partial charge in [0.2, 0.25) is 0 Å². The van der Waals surface area contributed by atoms with Crippen molar-refractivity contribution in [2.45, 2.75) is 26.1 Å². The van der Waals surface area contributed by atoms with E-state index >= 15 is 0 Å². The van der Waals surface area contributed by atoms with Gasteiger partial charge in [0.15, 0.2) is 6.29 Å². The van der Waals surface area contributed by atoms with Gasteiger partial charge in [-0.1, -0.05) is 0 Å². The van der Waals surface area contributed by atoms with Crippen LogP contribution in [-0.2, 0) is 11.8 Å². The van der Waals surface area contributed by atoms with E-state index in [-0.39, 0.29) is 12.2 Å². The summed E-state index contributed by atoms with van der Waals surface area (Å²) in [5.41, 5.74) is 2.99. The van der Waals surface area contributed by atoms with Crippen LogP contribution in [-0.4, -0.2) is 46.3 Å². The van der Waals surface area contributed by atoms with Gasteiger partial charge in [0.1, 0.15) is 5.69 Å². The van der Waals surface area contributed by atoms with Gasteiger partial charge in [-0.2, -0.15) is 5.10 Å². The summed E-state index contributed by atoms with van der Waals surface area (Å²) in [6.07, 6.45) is 4.73. The molecule has 0 aromatic carbocycles. The Morgan fingerprint density at radius 2 is 2.00 bits per heavy atom. The van der Waals surface area contributed by atoms with Gasteiger partial charge < -0.3 is 9.64 Å². The molecule has 2 aromatic rings. The molecule has 1 saturated heterocycles. The molecule has 0 N–H and O–H groups in total. The molecule has 0 bridgehead atoms. The van der Waals surface area contributed by atoms with Crippen LogP contribution in [0.1, 0.15) is 24.3 Å². The van der Waals surface area contributed by atoms with Crippen LogP contribution in [0.4, 0.5) is 5.69 Å². The van der Waals surface area contributed by atoms with E-state index in [0.29, 0.717) is 5.69 Å². The Kier molecular flexibility index (Phi) is 3.94. The van der Waals surface area contributed by atoms with Crippen LogP contribution < -0.4 is 4.90 Å². The van der Waals surface area contributed by atoms with Crippen LogP contribution in [0.5, 0.6) is 0 Å². The third-order valence-electron chi connectivity index (χ3n) is 3.77. The summed E-state index contributed by atoms with van der Waals surface area (Å²) < 4.78 is 7.46. The number of aromatic nitrogens is 3. The lowest BCUT2D eigenvalue weighted by Gasteiger charge is -2.37. The van der Waals surface area contributed by atoms with Crippen LogP contribution in [0, 0.1) is 0 Å². The summed E-state index contributed by atoms with van der Waals surface area (Å²) in [5, 5.41) is 4.14. The maximum absolute atomic E-state index is 11.5. The van der Waals surface area contributed by atoms with Crippen molar-refractivity contribution in [1.82, 2.24) is 14.8 Å². The molecule has 2 atom stereocenters. The van der Waals surface area contributed by atoms with Crippen LogP contribution in [0.15, 0.2) is 24.5 Å². The molecule has 0 aliphatic carbocycles. The maximum Gasteiger partial charge on any atom is 0.170 e. The Balaban J connectivity index is 1.94. The number of pyridine rings is 1. The van der Waals surface area contributed by atoms with Gasteiger partial charge in [-0.25, -0.2) is 4.98 Å². The van der Waals surface area contributed by atoms with Gasteiger partial charge in [0, 0.05) is 31.9 Å². The Morgan fingerprint density at radius 1 is 1.27 bits per heavy atom. The van der Waals surface area contributed by atoms with E-state index in [1.807, 2.05) is 39.2 Å². The van der Waals surface area contributed by atoms with Gasteiger partial charge >= 0.3 is 0 Å². The zero-order valence-electron chi connectivity index (χ0n) is 13.1. The fraction of sp³-hybridized carbons (Fsp3) is 0.438. The van der Waals surface area contributed by atoms with E-state index in [0.717, 1.165) is 36.3 Å². The van der Waals surface area contributed by atoms with Crippen molar-refractivity contribution in [1.29, 1.82) is 0 Å². The minimum atomic E-state index is 0.140. The number of rotatable bonds is 3. The molecule has 1 aliphatic rings. The molecule has 0 amide bonds. The summed E-state index contributed by atoms with van der Waals surface area (Å²) in [6, 6.07) is 3.90. The predicted molar refractivity (Wildman–Crippen MR) is 84.0 cm³/mol. The van der Waals surface area contributed by atoms with Gasteiger partial charge in [0.05, 0.1) is 29.8 Å². The number of ether oxygens (including phenoxy) is 1. The van der Waals surface area contributed by atoms with Crippen LogP contribution in [0.3, 0.4) is 0 Å². The lowest BCUT2D eigenvalue weighted by Crippen LogP contribution is -2.45. The van der Waals surface area contributed by atoms with Crippen molar-refractivity contribution in [3.8, 4) is 11.3 Å². The number of nitrogens with zero attached hydrogens (tertiary/aromatic N) is 4. The van der Waals surface area contributed by atoms with Gasteiger partial charge in [-0.15, -0.1) is 0 Å². The average molecular weight is 300 g/mol. The van der Waals surface area contributed by atoms with Crippen molar-refractivity contribution in [2.75, 3.05) is 18.0 Å². The molecule has 2 aromatic heterocycles. The highest BCUT2D eigenvalue weighted by molar-refractivity contribution is 5.83. The van der Waals surface area contributed by atoms with E-state index in [4.69, 9.17) is 4.74 Å². The third kappa shape index (κ3) is 2.87. The predicted octanol–water partition coefficient (Wildman–Crippen LogP) is 1.91. The first-order chi connectivity index (χ1) is 10.6. The lowest BCUT2D eigenvalue weighted by molar-refractivity contribution is -0.00527. The zero-order chi connectivity index (χ0) is 15.7. The standard InChI is InChI=1S/C16H20N4O2/c1-11-7-20(8-12(2)22-11)16-5-4-14(18-15(16)10-21)13-6-17-19(3)9-13/h4-6,9-12H,7-8H2,1-3H3. The first-order valence-electron chi connectivity index (χ1n) is 7.42. The minimum absolute atomic E-state index is 0.140. The number of morpholine rings is 1. The molecule has 3 heterocycles. The first-order valence-corrected chi connectivity index (χ1v) is 7.42. The molecule has 2 unspecified atom stereocenters. The fourth-order valence-corrected chi connectivity index (χ4v) is 2.91. The van der Waals surface area contributed by atoms with Crippen molar-refractivity contribution >= 4 is 12.0 Å². The number of anilines is 1. The molecule has 1 fully saturated rings. The van der Waals surface area contributed by atoms with E-state index < -0.39 is 0 Å². The van der Waals surface area contributed by atoms with E-state index in [1.54, 1.807) is 10.9 Å². The monoisotopic (exact) mass is 300 g/mol. The molecule has 116 valence electrons. The van der Waals surface area contributed by atoms with E-state index in [1.165, 1.54) is 0 Å². The highest BCUT2D eigenvalue weighted by Crippen LogP contribution is 2.26. The summed E-state index contributed by atoms with van der Waals surface area (Å²) >= 11 is 0. The van der Waals surface area contributed by atoms with E-state index in [9.17, 15) is 4.79 Å². The molecule has 6 heteroatoms. The lowest BCUT2D eigenvalue weighted by atomic mass is 10.1. The summed E-state index contributed by atoms with van der Waals surface area (Å²) in [7, 11) is 1.86. The Hall–Kier alpha value is -2.21. The highest BCUT2D eigenvalue weighted by atomic mass is 16.5. The molecule has 3 rings (SSSR count). The molecule has 6 nitrogen and oxygen atoms in total. The normalized spacial score (nSPS) is 21.9. The Bertz CT molecular complexity index is 673. The molecule has 22 heavy (non-hydrogen) atoms. The average Bonchev–Trinajstić information content (AvgIpc) is 2.92. The Morgan fingerprint density at radius 3 is 2.59 bits per heavy atom. The maximum atomic E-state index is 11.5. The number of carbonyl (C=O) groups excluding carboxylic acids is 1. The van der Waals surface area contributed by atoms with Crippen molar-refractivity contribution in [3.05, 3.63) is 30.2 Å². The zero-order valence-corrected chi connectivity index (χ0v) is 13.1. The summed E-state index contributed by atoms with van der Waals surface area (Å²) in [5.74, 6) is 0. The van der Waals surface area contributed by atoms with Crippen molar-refractivity contribution < 1.29 is 9.53 Å². The molecular formula is C16H20N4O2. The van der Waals surface area contributed by atoms with Gasteiger partial charge in [-0.05, 0) is 26.0 Å². The number of aryl methyl sites for hydroxylation is 1. The quantitative estimate of drug-likeness (QED) is 0.810. The molecule has 0 saturated carbocycles. The van der Waals surface area contributed by atoms with Crippen LogP contribution in [0.25, 0.3) is 11.3 Å². The number of carbonyl (C=O) groups is 1. The molecule has 0 spiro atoms. The molecular weight excluding hydrogens is 280 g/mol. The summed E-state index contributed by atoms with van der Waals surface area (Å²) in [6.45, 7) is 5.61. The minimum Gasteiger partial charge on any atom is -0.372 e. The fourth-order valence-electron chi connectivity index (χ4n) is 2.91. The topological polar surface area (TPSA) is 60.2 Å². The summed E-state index contributed by atoms with van der Waals surface area (Å²) in [4.78, 5) is 18.1. The van der Waals surface area contributed by atoms with Gasteiger partial charge in [0.25, 0.3) is 0 Å². The van der Waals surface area contributed by atoms with Crippen LogP contribution in [0.2, 0.25) is 0 Å². The van der Waals surface area contributed by atoms with E-state index in [2.05, 4.69) is 15.0 Å². The first kappa shape index (κ1) is 14.7. The number of aldehydes is 1. The third-order valence-corrected chi connectivity index (χ3v) is 3.77. The van der Waals surface area contributed by atoms with Crippen molar-refractivity contribution in [3.63, 3.8) is 0 Å². The SMILES string of the molecule is CC1CN(c2ccc(-c3cnn(C)c3)nc2C=O)CC(C)O1. The highest BCUT2D eigenvalue weighted by Gasteiger charge is 2.24. The second-order valence-corrected chi connectivity index (χ2v) is 5.78. The largest absolute Gasteiger partial charge is 0.372 e. The Labute approximate surface area is 129 Å². The van der Waals surface area contributed by atoms with Crippen LogP contribution >= 0.6 is 0 Å². The van der Waals surface area contributed by atoms with Crippen molar-refractivity contribution in [2.24, 2.45) is 7.05 Å². The molecule has 0 radical (unpaired) electrons. The smallest absolute Gasteiger partial charge is 0.170 e. The second kappa shape index (κ2) is 5.88. The van der Waals surface area contributed by atoms with Gasteiger partial charge in [-0.3, -0.25) is 9.48 Å². The number of hydrogen-bond donors (Lipinski definition) is 0. The number of hydrogen-bond acceptors (Lipinski definition) is 5. The molecule has 1 aliphatic heterocycles. The second-order valence-electron chi connectivity index (χ2n) is 5.78.